The zero-order valence-corrected chi connectivity index (χ0v) is 19.9. The Balaban J connectivity index is 1.46. The molecule has 1 fully saturated rings. The molecule has 0 saturated carbocycles. The fourth-order valence-corrected chi connectivity index (χ4v) is 5.48. The number of fused-ring (bicyclic) bond motifs is 2. The van der Waals surface area contributed by atoms with Crippen LogP contribution in [0, 0.1) is 12.8 Å². The summed E-state index contributed by atoms with van der Waals surface area (Å²) in [6, 6.07) is 9.33. The Morgan fingerprint density at radius 1 is 1.21 bits per heavy atom. The van der Waals surface area contributed by atoms with Gasteiger partial charge in [-0.25, -0.2) is 0 Å². The highest BCUT2D eigenvalue weighted by Crippen LogP contribution is 2.37. The highest BCUT2D eigenvalue weighted by molar-refractivity contribution is 7.20. The minimum Gasteiger partial charge on any atom is -0.476 e. The van der Waals surface area contributed by atoms with Crippen molar-refractivity contribution < 1.29 is 19.1 Å². The van der Waals surface area contributed by atoms with Crippen molar-refractivity contribution in [3.05, 3.63) is 40.9 Å². The van der Waals surface area contributed by atoms with E-state index in [0.717, 1.165) is 22.5 Å². The molecule has 4 heterocycles. The number of hydrogen-bond donors (Lipinski definition) is 0. The van der Waals surface area contributed by atoms with E-state index in [4.69, 9.17) is 9.47 Å². The Kier molecular flexibility index (Phi) is 5.84. The van der Waals surface area contributed by atoms with Crippen LogP contribution in [0.4, 0.5) is 5.69 Å². The highest BCUT2D eigenvalue weighted by Gasteiger charge is 2.37. The monoisotopic (exact) mass is 468 g/mol. The van der Waals surface area contributed by atoms with Gasteiger partial charge >= 0.3 is 0 Å². The number of benzene rings is 1. The van der Waals surface area contributed by atoms with E-state index in [-0.39, 0.29) is 18.4 Å². The van der Waals surface area contributed by atoms with Gasteiger partial charge in [0, 0.05) is 25.0 Å². The topological polar surface area (TPSA) is 76.9 Å². The summed E-state index contributed by atoms with van der Waals surface area (Å²) >= 11 is 1.46. The van der Waals surface area contributed by atoms with Crippen molar-refractivity contribution in [3.8, 4) is 5.75 Å². The number of aryl methyl sites for hydroxylation is 1. The third-order valence-electron chi connectivity index (χ3n) is 5.97. The van der Waals surface area contributed by atoms with E-state index in [9.17, 15) is 9.59 Å². The zero-order chi connectivity index (χ0) is 23.1. The van der Waals surface area contributed by atoms with Gasteiger partial charge in [0.25, 0.3) is 11.8 Å². The zero-order valence-electron chi connectivity index (χ0n) is 19.1. The van der Waals surface area contributed by atoms with E-state index in [2.05, 4.69) is 18.9 Å². The Morgan fingerprint density at radius 2 is 1.97 bits per heavy atom. The molecule has 0 N–H and O–H groups in total. The molecule has 0 bridgehead atoms. The summed E-state index contributed by atoms with van der Waals surface area (Å²) in [6.07, 6.45) is -0.741. The summed E-state index contributed by atoms with van der Waals surface area (Å²) in [7, 11) is 0. The van der Waals surface area contributed by atoms with Crippen LogP contribution in [0.25, 0.3) is 10.2 Å². The van der Waals surface area contributed by atoms with E-state index in [0.29, 0.717) is 48.5 Å². The predicted octanol–water partition coefficient (Wildman–Crippen LogP) is 3.33. The van der Waals surface area contributed by atoms with Gasteiger partial charge < -0.3 is 14.4 Å². The number of carbonyl (C=O) groups is 2. The SMILES string of the molecule is Cc1nn(CC(C)C)c2sc(C(=O)N3CC(C(=O)N4CCOCC4)Oc4ccccc43)cc12. The molecule has 0 radical (unpaired) electrons. The lowest BCUT2D eigenvalue weighted by Gasteiger charge is -2.37. The minimum absolute atomic E-state index is 0.106. The van der Waals surface area contributed by atoms with E-state index in [1.54, 1.807) is 9.80 Å². The van der Waals surface area contributed by atoms with Gasteiger partial charge in [-0.15, -0.1) is 11.3 Å². The molecule has 9 heteroatoms. The summed E-state index contributed by atoms with van der Waals surface area (Å²) in [5, 5.41) is 5.65. The first-order chi connectivity index (χ1) is 15.9. The quantitative estimate of drug-likeness (QED) is 0.587. The average molecular weight is 469 g/mol. The molecule has 174 valence electrons. The van der Waals surface area contributed by atoms with Gasteiger partial charge in [0.1, 0.15) is 10.6 Å². The molecule has 1 saturated heterocycles. The molecule has 8 nitrogen and oxygen atoms in total. The molecule has 0 spiro atoms. The maximum atomic E-state index is 13.7. The first kappa shape index (κ1) is 21.9. The largest absolute Gasteiger partial charge is 0.476 e. The number of para-hydroxylation sites is 2. The number of aromatic nitrogens is 2. The molecular weight excluding hydrogens is 440 g/mol. The van der Waals surface area contributed by atoms with Gasteiger partial charge in [-0.05, 0) is 31.0 Å². The molecule has 2 aliphatic heterocycles. The second-order valence-corrected chi connectivity index (χ2v) is 9.95. The number of morpholine rings is 1. The third-order valence-corrected chi connectivity index (χ3v) is 7.11. The summed E-state index contributed by atoms with van der Waals surface area (Å²) in [5.41, 5.74) is 1.61. The molecule has 0 aliphatic carbocycles. The first-order valence-corrected chi connectivity index (χ1v) is 12.1. The molecule has 33 heavy (non-hydrogen) atoms. The molecule has 1 aromatic carbocycles. The summed E-state index contributed by atoms with van der Waals surface area (Å²) in [4.78, 5) is 32.0. The van der Waals surface area contributed by atoms with E-state index >= 15 is 0 Å². The molecule has 2 aliphatic rings. The lowest BCUT2D eigenvalue weighted by Crippen LogP contribution is -2.54. The van der Waals surface area contributed by atoms with Crippen LogP contribution >= 0.6 is 11.3 Å². The van der Waals surface area contributed by atoms with Crippen LogP contribution in [-0.2, 0) is 16.1 Å². The van der Waals surface area contributed by atoms with Crippen molar-refractivity contribution in [2.45, 2.75) is 33.4 Å². The Morgan fingerprint density at radius 3 is 2.73 bits per heavy atom. The summed E-state index contributed by atoms with van der Waals surface area (Å²) in [6.45, 7) is 9.37. The number of carbonyl (C=O) groups excluding carboxylic acids is 2. The third kappa shape index (κ3) is 4.11. The van der Waals surface area contributed by atoms with Crippen LogP contribution in [0.5, 0.6) is 5.75 Å². The van der Waals surface area contributed by atoms with Gasteiger partial charge in [0.2, 0.25) is 0 Å². The number of rotatable bonds is 4. The lowest BCUT2D eigenvalue weighted by atomic mass is 10.1. The van der Waals surface area contributed by atoms with E-state index in [1.165, 1.54) is 11.3 Å². The van der Waals surface area contributed by atoms with Crippen LogP contribution in [0.15, 0.2) is 30.3 Å². The predicted molar refractivity (Wildman–Crippen MR) is 127 cm³/mol. The Labute approximate surface area is 196 Å². The number of thiophene rings is 1. The van der Waals surface area contributed by atoms with Crippen molar-refractivity contribution in [3.63, 3.8) is 0 Å². The summed E-state index contributed by atoms with van der Waals surface area (Å²) in [5.74, 6) is 0.770. The van der Waals surface area contributed by atoms with Crippen LogP contribution < -0.4 is 9.64 Å². The smallest absolute Gasteiger partial charge is 0.268 e. The second kappa shape index (κ2) is 8.79. The standard InChI is InChI=1S/C24H28N4O4S/c1-15(2)13-28-24-17(16(3)25-28)12-21(33-24)23(30)27-14-20(22(29)26-8-10-31-11-9-26)32-19-7-5-4-6-18(19)27/h4-7,12,15,20H,8-11,13-14H2,1-3H3. The van der Waals surface area contributed by atoms with Gasteiger partial charge in [-0.1, -0.05) is 26.0 Å². The minimum atomic E-state index is -0.741. The maximum Gasteiger partial charge on any atom is 0.268 e. The number of ether oxygens (including phenoxy) is 2. The van der Waals surface area contributed by atoms with E-state index < -0.39 is 6.10 Å². The molecule has 1 atom stereocenters. The molecule has 3 aromatic rings. The fourth-order valence-electron chi connectivity index (χ4n) is 4.36. The average Bonchev–Trinajstić information content (AvgIpc) is 3.38. The van der Waals surface area contributed by atoms with Crippen molar-refractivity contribution >= 4 is 39.1 Å². The molecule has 2 aromatic heterocycles. The molecular formula is C24H28N4O4S. The van der Waals surface area contributed by atoms with Crippen molar-refractivity contribution in [2.24, 2.45) is 5.92 Å². The van der Waals surface area contributed by atoms with E-state index in [1.807, 2.05) is 41.9 Å². The maximum absolute atomic E-state index is 13.7. The Hall–Kier alpha value is -2.91. The molecule has 1 unspecified atom stereocenters. The summed E-state index contributed by atoms with van der Waals surface area (Å²) < 4.78 is 13.4. The number of anilines is 1. The Bertz CT molecular complexity index is 1190. The van der Waals surface area contributed by atoms with Gasteiger partial charge in [-0.2, -0.15) is 5.10 Å². The van der Waals surface area contributed by atoms with Gasteiger partial charge in [-0.3, -0.25) is 19.2 Å². The molecule has 2 amide bonds. The lowest BCUT2D eigenvalue weighted by molar-refractivity contribution is -0.142. The van der Waals surface area contributed by atoms with Crippen molar-refractivity contribution in [1.29, 1.82) is 0 Å². The van der Waals surface area contributed by atoms with Gasteiger partial charge in [0.15, 0.2) is 6.10 Å². The van der Waals surface area contributed by atoms with Crippen LogP contribution in [0.3, 0.4) is 0 Å². The normalized spacial score (nSPS) is 18.5. The molecule has 5 rings (SSSR count). The van der Waals surface area contributed by atoms with Crippen LogP contribution in [0.1, 0.15) is 29.2 Å². The van der Waals surface area contributed by atoms with Gasteiger partial charge in [0.05, 0.1) is 36.0 Å². The van der Waals surface area contributed by atoms with Crippen molar-refractivity contribution in [1.82, 2.24) is 14.7 Å². The highest BCUT2D eigenvalue weighted by atomic mass is 32.1. The van der Waals surface area contributed by atoms with Crippen LogP contribution in [0.2, 0.25) is 0 Å². The second-order valence-electron chi connectivity index (χ2n) is 8.92. The fraction of sp³-hybridized carbons (Fsp3) is 0.458. The number of amides is 2. The van der Waals surface area contributed by atoms with Crippen LogP contribution in [-0.4, -0.2) is 65.4 Å². The van der Waals surface area contributed by atoms with Crippen molar-refractivity contribution in [2.75, 3.05) is 37.7 Å². The number of hydrogen-bond acceptors (Lipinski definition) is 6. The number of nitrogens with zero attached hydrogens (tertiary/aromatic N) is 4. The first-order valence-electron chi connectivity index (χ1n) is 11.3.